The van der Waals surface area contributed by atoms with Gasteiger partial charge in [0, 0.05) is 29.9 Å². The largest absolute Gasteiger partial charge is 0.463 e. The van der Waals surface area contributed by atoms with Gasteiger partial charge in [-0.15, -0.1) is 0 Å². The Balaban J connectivity index is 2.00. The van der Waals surface area contributed by atoms with Gasteiger partial charge in [-0.2, -0.15) is 0 Å². The fraction of sp³-hybridized carbons (Fsp3) is 0.360. The summed E-state index contributed by atoms with van der Waals surface area (Å²) < 4.78 is 34.7. The molecule has 1 fully saturated rings. The van der Waals surface area contributed by atoms with Crippen molar-refractivity contribution in [3.63, 3.8) is 0 Å². The predicted octanol–water partition coefficient (Wildman–Crippen LogP) is 3.83. The highest BCUT2D eigenvalue weighted by Crippen LogP contribution is 2.31. The van der Waals surface area contributed by atoms with E-state index in [-0.39, 0.29) is 17.7 Å². The third-order valence-corrected chi connectivity index (χ3v) is 6.28. The summed E-state index contributed by atoms with van der Waals surface area (Å²) in [7, 11) is 1.30. The molecule has 0 spiro atoms. The van der Waals surface area contributed by atoms with Gasteiger partial charge in [-0.1, -0.05) is 31.9 Å². The first kappa shape index (κ1) is 28.8. The van der Waals surface area contributed by atoms with Crippen molar-refractivity contribution in [2.45, 2.75) is 44.6 Å². The molecule has 198 valence electrons. The van der Waals surface area contributed by atoms with Crippen LogP contribution < -0.4 is 0 Å². The lowest BCUT2D eigenvalue weighted by molar-refractivity contribution is -0.296. The number of rotatable bonds is 8. The number of hydrogen-bond donors (Lipinski definition) is 0. The van der Waals surface area contributed by atoms with Crippen molar-refractivity contribution < 1.29 is 47.6 Å². The molecule has 10 nitrogen and oxygen atoms in total. The van der Waals surface area contributed by atoms with Crippen LogP contribution in [0.15, 0.2) is 57.5 Å². The maximum absolute atomic E-state index is 13.1. The van der Waals surface area contributed by atoms with Gasteiger partial charge >= 0.3 is 23.9 Å². The van der Waals surface area contributed by atoms with Crippen LogP contribution in [0.2, 0.25) is 0 Å². The summed E-state index contributed by atoms with van der Waals surface area (Å²) >= 11 is 6.60. The number of benzene rings is 2. The van der Waals surface area contributed by atoms with Crippen molar-refractivity contribution in [1.82, 2.24) is 0 Å². The Morgan fingerprint density at radius 2 is 1.22 bits per heavy atom. The van der Waals surface area contributed by atoms with E-state index in [2.05, 4.69) is 31.9 Å². The molecule has 1 saturated heterocycles. The Hall–Kier alpha value is -2.80. The Labute approximate surface area is 229 Å². The van der Waals surface area contributed by atoms with Crippen LogP contribution in [0.1, 0.15) is 34.6 Å². The lowest BCUT2D eigenvalue weighted by atomic mass is 9.97. The molecule has 0 N–H and O–H groups in total. The number of carbonyl (C=O) groups is 4. The summed E-state index contributed by atoms with van der Waals surface area (Å²) in [6.07, 6.45) is -6.37. The van der Waals surface area contributed by atoms with Crippen LogP contribution in [0.3, 0.4) is 0 Å². The van der Waals surface area contributed by atoms with E-state index in [1.54, 1.807) is 24.3 Å². The summed E-state index contributed by atoms with van der Waals surface area (Å²) in [5, 5.41) is 0. The first-order valence-electron chi connectivity index (χ1n) is 11.0. The summed E-state index contributed by atoms with van der Waals surface area (Å²) in [5.74, 6) is -2.86. The standard InChI is InChI=1S/C25H24Br2O10/c1-13(28)33-12-19-20(36-23(30)15-4-8-17(26)9-5-15)21(22(34-14(2)29)25(32-3)35-19)37-24(31)16-6-10-18(27)11-7-16/h4-11,19-22,25H,12H2,1-3H3/t19-,20-,21+,22-,25+/m1/s1. The summed E-state index contributed by atoms with van der Waals surface area (Å²) in [4.78, 5) is 49.6. The van der Waals surface area contributed by atoms with Crippen molar-refractivity contribution in [2.75, 3.05) is 13.7 Å². The Kier molecular flexibility index (Phi) is 10.2. The second-order valence-electron chi connectivity index (χ2n) is 7.91. The molecular weight excluding hydrogens is 620 g/mol. The predicted molar refractivity (Wildman–Crippen MR) is 135 cm³/mol. The van der Waals surface area contributed by atoms with Crippen molar-refractivity contribution in [3.8, 4) is 0 Å². The monoisotopic (exact) mass is 642 g/mol. The van der Waals surface area contributed by atoms with E-state index in [1.165, 1.54) is 38.3 Å². The fourth-order valence-corrected chi connectivity index (χ4v) is 4.08. The van der Waals surface area contributed by atoms with Gasteiger partial charge < -0.3 is 28.4 Å². The number of carbonyl (C=O) groups excluding carboxylic acids is 4. The molecule has 37 heavy (non-hydrogen) atoms. The van der Waals surface area contributed by atoms with Crippen LogP contribution in [0, 0.1) is 0 Å². The number of halogens is 2. The number of ether oxygens (including phenoxy) is 6. The molecule has 1 heterocycles. The van der Waals surface area contributed by atoms with E-state index in [0.29, 0.717) is 0 Å². The van der Waals surface area contributed by atoms with Gasteiger partial charge in [-0.25, -0.2) is 9.59 Å². The molecule has 0 saturated carbocycles. The molecule has 0 radical (unpaired) electrons. The van der Waals surface area contributed by atoms with Crippen molar-refractivity contribution in [3.05, 3.63) is 68.6 Å². The minimum absolute atomic E-state index is 0.194. The topological polar surface area (TPSA) is 124 Å². The highest BCUT2D eigenvalue weighted by molar-refractivity contribution is 9.10. The minimum Gasteiger partial charge on any atom is -0.463 e. The van der Waals surface area contributed by atoms with E-state index in [9.17, 15) is 19.2 Å². The molecule has 0 aromatic heterocycles. The lowest BCUT2D eigenvalue weighted by Crippen LogP contribution is -2.62. The molecule has 0 bridgehead atoms. The maximum atomic E-state index is 13.1. The Morgan fingerprint density at radius 1 is 0.730 bits per heavy atom. The third-order valence-electron chi connectivity index (χ3n) is 5.22. The third kappa shape index (κ3) is 7.84. The second kappa shape index (κ2) is 13.1. The zero-order chi connectivity index (χ0) is 27.1. The van der Waals surface area contributed by atoms with Crippen LogP contribution in [-0.2, 0) is 38.0 Å². The van der Waals surface area contributed by atoms with E-state index in [4.69, 9.17) is 28.4 Å². The molecular formula is C25H24Br2O10. The quantitative estimate of drug-likeness (QED) is 0.310. The van der Waals surface area contributed by atoms with Gasteiger partial charge in [-0.3, -0.25) is 9.59 Å². The molecule has 1 aliphatic heterocycles. The molecule has 2 aromatic rings. The van der Waals surface area contributed by atoms with Gasteiger partial charge in [0.15, 0.2) is 24.6 Å². The van der Waals surface area contributed by atoms with Crippen molar-refractivity contribution in [1.29, 1.82) is 0 Å². The van der Waals surface area contributed by atoms with Gasteiger partial charge in [0.1, 0.15) is 12.7 Å². The molecule has 2 aromatic carbocycles. The molecule has 0 aliphatic carbocycles. The maximum Gasteiger partial charge on any atom is 0.338 e. The van der Waals surface area contributed by atoms with Crippen LogP contribution in [0.5, 0.6) is 0 Å². The summed E-state index contributed by atoms with van der Waals surface area (Å²) in [6, 6.07) is 12.7. The average Bonchev–Trinajstić information content (AvgIpc) is 2.85. The Bertz CT molecular complexity index is 1120. The molecule has 0 amide bonds. The van der Waals surface area contributed by atoms with Gasteiger partial charge in [-0.05, 0) is 48.5 Å². The van der Waals surface area contributed by atoms with Gasteiger partial charge in [0.25, 0.3) is 0 Å². The molecule has 12 heteroatoms. The van der Waals surface area contributed by atoms with Crippen molar-refractivity contribution >= 4 is 55.7 Å². The zero-order valence-electron chi connectivity index (χ0n) is 20.1. The average molecular weight is 644 g/mol. The number of methoxy groups -OCH3 is 1. The summed E-state index contributed by atoms with van der Waals surface area (Å²) in [5.41, 5.74) is 0.394. The number of hydrogen-bond acceptors (Lipinski definition) is 10. The molecule has 0 unspecified atom stereocenters. The van der Waals surface area contributed by atoms with E-state index in [0.717, 1.165) is 15.9 Å². The summed E-state index contributed by atoms with van der Waals surface area (Å²) in [6.45, 7) is 2.01. The van der Waals surface area contributed by atoms with Crippen LogP contribution in [0.4, 0.5) is 0 Å². The lowest BCUT2D eigenvalue weighted by Gasteiger charge is -2.43. The fourth-order valence-electron chi connectivity index (χ4n) is 3.55. The SMILES string of the molecule is CO[C@H]1O[C@H](COC(C)=O)[C@@H](OC(=O)c2ccc(Br)cc2)[C@H](OC(=O)c2ccc(Br)cc2)[C@H]1OC(C)=O. The minimum atomic E-state index is -1.38. The highest BCUT2D eigenvalue weighted by atomic mass is 79.9. The van der Waals surface area contributed by atoms with Gasteiger partial charge in [0.05, 0.1) is 11.1 Å². The van der Waals surface area contributed by atoms with Gasteiger partial charge in [0.2, 0.25) is 0 Å². The zero-order valence-corrected chi connectivity index (χ0v) is 23.2. The van der Waals surface area contributed by atoms with E-state index >= 15 is 0 Å². The highest BCUT2D eigenvalue weighted by Gasteiger charge is 2.53. The Morgan fingerprint density at radius 3 is 1.65 bits per heavy atom. The van der Waals surface area contributed by atoms with Crippen LogP contribution in [-0.4, -0.2) is 68.3 Å². The molecule has 1 aliphatic rings. The van der Waals surface area contributed by atoms with Crippen molar-refractivity contribution in [2.24, 2.45) is 0 Å². The smallest absolute Gasteiger partial charge is 0.338 e. The normalized spacial score (nSPS) is 23.0. The van der Waals surface area contributed by atoms with Crippen LogP contribution >= 0.6 is 31.9 Å². The first-order chi connectivity index (χ1) is 17.6. The first-order valence-corrected chi connectivity index (χ1v) is 12.6. The van der Waals surface area contributed by atoms with E-state index < -0.39 is 54.6 Å². The number of esters is 4. The van der Waals surface area contributed by atoms with E-state index in [1.807, 2.05) is 0 Å². The second-order valence-corrected chi connectivity index (χ2v) is 9.74. The molecule has 5 atom stereocenters. The van der Waals surface area contributed by atoms with Crippen LogP contribution in [0.25, 0.3) is 0 Å². The molecule has 3 rings (SSSR count).